The number of fused-ring (bicyclic) bond motifs is 1. The van der Waals surface area contributed by atoms with Crippen molar-refractivity contribution in [1.29, 1.82) is 0 Å². The SMILES string of the molecule is CN1CC(=S)C=C2C=CC=CC21. The molecule has 2 heteroatoms. The molecule has 0 fully saturated rings. The molecule has 0 N–H and O–H groups in total. The minimum absolute atomic E-state index is 0.446. The first-order valence-electron chi connectivity index (χ1n) is 4.07. The van der Waals surface area contributed by atoms with E-state index >= 15 is 0 Å². The van der Waals surface area contributed by atoms with Crippen LogP contribution < -0.4 is 0 Å². The minimum atomic E-state index is 0.446. The first-order chi connectivity index (χ1) is 5.77. The van der Waals surface area contributed by atoms with E-state index in [1.165, 1.54) is 5.57 Å². The molecule has 1 aliphatic carbocycles. The van der Waals surface area contributed by atoms with Crippen molar-refractivity contribution in [3.8, 4) is 0 Å². The van der Waals surface area contributed by atoms with Crippen LogP contribution in [-0.2, 0) is 0 Å². The van der Waals surface area contributed by atoms with Gasteiger partial charge in [-0.05, 0) is 18.7 Å². The van der Waals surface area contributed by atoms with E-state index in [9.17, 15) is 0 Å². The molecule has 1 nitrogen and oxygen atoms in total. The van der Waals surface area contributed by atoms with Gasteiger partial charge in [-0.3, -0.25) is 4.90 Å². The topological polar surface area (TPSA) is 3.24 Å². The zero-order valence-corrected chi connectivity index (χ0v) is 7.84. The lowest BCUT2D eigenvalue weighted by Gasteiger charge is -2.31. The highest BCUT2D eigenvalue weighted by atomic mass is 32.1. The van der Waals surface area contributed by atoms with Crippen molar-refractivity contribution in [2.75, 3.05) is 13.6 Å². The van der Waals surface area contributed by atoms with Crippen molar-refractivity contribution in [2.45, 2.75) is 6.04 Å². The summed E-state index contributed by atoms with van der Waals surface area (Å²) in [7, 11) is 2.10. The van der Waals surface area contributed by atoms with E-state index in [0.29, 0.717) is 6.04 Å². The van der Waals surface area contributed by atoms with Gasteiger partial charge in [0.25, 0.3) is 0 Å². The molecule has 0 saturated carbocycles. The molecule has 1 aliphatic heterocycles. The van der Waals surface area contributed by atoms with Gasteiger partial charge < -0.3 is 0 Å². The summed E-state index contributed by atoms with van der Waals surface area (Å²) in [6.07, 6.45) is 10.6. The van der Waals surface area contributed by atoms with Gasteiger partial charge in [0.1, 0.15) is 0 Å². The largest absolute Gasteiger partial charge is 0.291 e. The van der Waals surface area contributed by atoms with Crippen LogP contribution >= 0.6 is 12.2 Å². The van der Waals surface area contributed by atoms with Crippen LogP contribution in [0.4, 0.5) is 0 Å². The number of rotatable bonds is 0. The molecule has 62 valence electrons. The summed E-state index contributed by atoms with van der Waals surface area (Å²) in [5, 5.41) is 0. The standard InChI is InChI=1S/C10H11NS/c1-11-7-9(12)6-8-4-2-3-5-10(8)11/h2-6,10H,7H2,1H3. The average molecular weight is 177 g/mol. The van der Waals surface area contributed by atoms with Crippen molar-refractivity contribution in [3.05, 3.63) is 36.0 Å². The molecule has 0 amide bonds. The van der Waals surface area contributed by atoms with Gasteiger partial charge >= 0.3 is 0 Å². The number of hydrogen-bond acceptors (Lipinski definition) is 2. The third-order valence-electron chi connectivity index (χ3n) is 2.24. The summed E-state index contributed by atoms with van der Waals surface area (Å²) in [6.45, 7) is 0.904. The van der Waals surface area contributed by atoms with Gasteiger partial charge in [-0.15, -0.1) is 0 Å². The molecule has 0 radical (unpaired) electrons. The molecular formula is C10H11NS. The average Bonchev–Trinajstić information content (AvgIpc) is 2.04. The Labute approximate surface area is 78.1 Å². The normalized spacial score (nSPS) is 28.6. The van der Waals surface area contributed by atoms with Crippen molar-refractivity contribution in [3.63, 3.8) is 0 Å². The molecular weight excluding hydrogens is 166 g/mol. The van der Waals surface area contributed by atoms with Crippen LogP contribution in [0.1, 0.15) is 0 Å². The summed E-state index contributed by atoms with van der Waals surface area (Å²) >= 11 is 5.18. The maximum Gasteiger partial charge on any atom is 0.0535 e. The molecule has 1 unspecified atom stereocenters. The molecule has 2 aliphatic rings. The quantitative estimate of drug-likeness (QED) is 0.518. The second kappa shape index (κ2) is 2.96. The molecule has 0 aromatic carbocycles. The number of thiocarbonyl (C=S) groups is 1. The highest BCUT2D eigenvalue weighted by Gasteiger charge is 2.21. The highest BCUT2D eigenvalue weighted by molar-refractivity contribution is 7.80. The van der Waals surface area contributed by atoms with E-state index in [0.717, 1.165) is 11.4 Å². The van der Waals surface area contributed by atoms with Gasteiger partial charge in [0.2, 0.25) is 0 Å². The molecule has 0 bridgehead atoms. The maximum absolute atomic E-state index is 5.18. The fraction of sp³-hybridized carbons (Fsp3) is 0.300. The van der Waals surface area contributed by atoms with Crippen LogP contribution in [0.15, 0.2) is 36.0 Å². The van der Waals surface area contributed by atoms with E-state index in [1.54, 1.807) is 0 Å². The van der Waals surface area contributed by atoms with Crippen LogP contribution in [0.25, 0.3) is 0 Å². The Morgan fingerprint density at radius 3 is 3.17 bits per heavy atom. The first kappa shape index (κ1) is 7.90. The predicted octanol–water partition coefficient (Wildman–Crippen LogP) is 1.72. The third kappa shape index (κ3) is 1.28. The lowest BCUT2D eigenvalue weighted by molar-refractivity contribution is 0.351. The minimum Gasteiger partial charge on any atom is -0.291 e. The summed E-state index contributed by atoms with van der Waals surface area (Å²) in [6, 6.07) is 0.446. The predicted molar refractivity (Wildman–Crippen MR) is 55.4 cm³/mol. The Bertz CT molecular complexity index is 299. The smallest absolute Gasteiger partial charge is 0.0535 e. The third-order valence-corrected chi connectivity index (χ3v) is 2.49. The lowest BCUT2D eigenvalue weighted by Crippen LogP contribution is -2.39. The Hall–Kier alpha value is -0.730. The monoisotopic (exact) mass is 177 g/mol. The second-order valence-electron chi connectivity index (χ2n) is 3.21. The van der Waals surface area contributed by atoms with Gasteiger partial charge in [0, 0.05) is 11.4 Å². The molecule has 2 rings (SSSR count). The molecule has 0 aromatic rings. The van der Waals surface area contributed by atoms with Crippen molar-refractivity contribution in [1.82, 2.24) is 4.90 Å². The van der Waals surface area contributed by atoms with E-state index < -0.39 is 0 Å². The van der Waals surface area contributed by atoms with Crippen LogP contribution in [0, 0.1) is 0 Å². The fourth-order valence-electron chi connectivity index (χ4n) is 1.66. The molecule has 1 heterocycles. The fourth-order valence-corrected chi connectivity index (χ4v) is 2.00. The highest BCUT2D eigenvalue weighted by Crippen LogP contribution is 2.20. The van der Waals surface area contributed by atoms with E-state index in [-0.39, 0.29) is 0 Å². The Morgan fingerprint density at radius 2 is 2.33 bits per heavy atom. The molecule has 12 heavy (non-hydrogen) atoms. The van der Waals surface area contributed by atoms with E-state index in [2.05, 4.69) is 42.3 Å². The van der Waals surface area contributed by atoms with Gasteiger partial charge in [0.15, 0.2) is 0 Å². The molecule has 0 spiro atoms. The van der Waals surface area contributed by atoms with Crippen LogP contribution in [0.3, 0.4) is 0 Å². The van der Waals surface area contributed by atoms with Gasteiger partial charge in [-0.1, -0.05) is 36.5 Å². The van der Waals surface area contributed by atoms with Gasteiger partial charge in [-0.2, -0.15) is 0 Å². The first-order valence-corrected chi connectivity index (χ1v) is 4.48. The number of allylic oxidation sites excluding steroid dienone is 2. The molecule has 1 atom stereocenters. The van der Waals surface area contributed by atoms with Crippen LogP contribution in [-0.4, -0.2) is 29.4 Å². The summed E-state index contributed by atoms with van der Waals surface area (Å²) < 4.78 is 0. The lowest BCUT2D eigenvalue weighted by atomic mass is 9.96. The number of likely N-dealkylation sites (N-methyl/N-ethyl adjacent to an activating group) is 1. The second-order valence-corrected chi connectivity index (χ2v) is 3.74. The molecule has 0 aromatic heterocycles. The maximum atomic E-state index is 5.18. The zero-order valence-electron chi connectivity index (χ0n) is 7.03. The van der Waals surface area contributed by atoms with Crippen molar-refractivity contribution in [2.24, 2.45) is 0 Å². The van der Waals surface area contributed by atoms with Gasteiger partial charge in [0.05, 0.1) is 6.04 Å². The zero-order chi connectivity index (χ0) is 8.55. The van der Waals surface area contributed by atoms with E-state index in [1.807, 2.05) is 0 Å². The summed E-state index contributed by atoms with van der Waals surface area (Å²) in [5.74, 6) is 0. The Balaban J connectivity index is 2.37. The van der Waals surface area contributed by atoms with E-state index in [4.69, 9.17) is 12.2 Å². The summed E-state index contributed by atoms with van der Waals surface area (Å²) in [4.78, 5) is 3.29. The Kier molecular flexibility index (Phi) is 1.95. The van der Waals surface area contributed by atoms with Crippen molar-refractivity contribution >= 4 is 17.1 Å². The number of hydrogen-bond donors (Lipinski definition) is 0. The number of nitrogens with zero attached hydrogens (tertiary/aromatic N) is 1. The van der Waals surface area contributed by atoms with Gasteiger partial charge in [-0.25, -0.2) is 0 Å². The summed E-state index contributed by atoms with van der Waals surface area (Å²) in [5.41, 5.74) is 1.32. The van der Waals surface area contributed by atoms with Crippen molar-refractivity contribution < 1.29 is 0 Å². The molecule has 0 saturated heterocycles. The van der Waals surface area contributed by atoms with Crippen LogP contribution in [0.5, 0.6) is 0 Å². The van der Waals surface area contributed by atoms with Crippen LogP contribution in [0.2, 0.25) is 0 Å². The Morgan fingerprint density at radius 1 is 1.50 bits per heavy atom.